The first kappa shape index (κ1) is 12.8. The molecule has 0 saturated carbocycles. The fourth-order valence-corrected chi connectivity index (χ4v) is 1.33. The Kier molecular flexibility index (Phi) is 4.55. The number of carbonyl (C=O) groups excluding carboxylic acids is 1. The largest absolute Gasteiger partial charge is 0.325 e. The van der Waals surface area contributed by atoms with Crippen molar-refractivity contribution in [1.29, 1.82) is 0 Å². The summed E-state index contributed by atoms with van der Waals surface area (Å²) in [6.07, 6.45) is 1.63. The number of anilines is 1. The summed E-state index contributed by atoms with van der Waals surface area (Å²) < 4.78 is 1.53. The molecule has 16 heavy (non-hydrogen) atoms. The van der Waals surface area contributed by atoms with Crippen LogP contribution in [0, 0.1) is 5.92 Å². The van der Waals surface area contributed by atoms with Gasteiger partial charge in [-0.1, -0.05) is 6.92 Å². The number of amides is 1. The van der Waals surface area contributed by atoms with Gasteiger partial charge in [0.15, 0.2) is 0 Å². The number of carbonyl (C=O) groups is 1. The van der Waals surface area contributed by atoms with E-state index in [4.69, 9.17) is 11.6 Å². The minimum absolute atomic E-state index is 0.0779. The van der Waals surface area contributed by atoms with Gasteiger partial charge >= 0.3 is 0 Å². The predicted molar refractivity (Wildman–Crippen MR) is 64.9 cm³/mol. The second-order valence-corrected chi connectivity index (χ2v) is 3.90. The maximum atomic E-state index is 11.5. The molecule has 0 aliphatic carbocycles. The summed E-state index contributed by atoms with van der Waals surface area (Å²) >= 11 is 5.58. The lowest BCUT2D eigenvalue weighted by molar-refractivity contribution is -0.118. The molecular formula is C11H15ClN2O2. The molecule has 0 aliphatic heterocycles. The summed E-state index contributed by atoms with van der Waals surface area (Å²) in [5, 5.41) is 2.71. The van der Waals surface area contributed by atoms with Gasteiger partial charge in [0, 0.05) is 30.6 Å². The number of aromatic nitrogens is 1. The Morgan fingerprint density at radius 2 is 2.25 bits per heavy atom. The normalized spacial score (nSPS) is 12.2. The fourth-order valence-electron chi connectivity index (χ4n) is 1.19. The van der Waals surface area contributed by atoms with E-state index in [1.165, 1.54) is 10.6 Å². The number of aryl methyl sites for hydroxylation is 1. The van der Waals surface area contributed by atoms with Gasteiger partial charge in [0.2, 0.25) is 5.91 Å². The van der Waals surface area contributed by atoms with Crippen molar-refractivity contribution in [3.05, 3.63) is 28.7 Å². The quantitative estimate of drug-likeness (QED) is 0.817. The number of rotatable bonds is 4. The average molecular weight is 243 g/mol. The second-order valence-electron chi connectivity index (χ2n) is 3.59. The zero-order valence-corrected chi connectivity index (χ0v) is 10.1. The molecule has 1 rings (SSSR count). The van der Waals surface area contributed by atoms with E-state index in [2.05, 4.69) is 5.32 Å². The third-order valence-corrected chi connectivity index (χ3v) is 2.73. The predicted octanol–water partition coefficient (Wildman–Crippen LogP) is 1.68. The lowest BCUT2D eigenvalue weighted by Crippen LogP contribution is -2.23. The molecule has 0 aromatic carbocycles. The van der Waals surface area contributed by atoms with E-state index in [0.29, 0.717) is 12.2 Å². The van der Waals surface area contributed by atoms with E-state index in [1.807, 2.05) is 6.92 Å². The summed E-state index contributed by atoms with van der Waals surface area (Å²) in [5.41, 5.74) is 0.536. The Bertz CT molecular complexity index is 428. The highest BCUT2D eigenvalue weighted by atomic mass is 35.5. The van der Waals surface area contributed by atoms with Crippen molar-refractivity contribution in [1.82, 2.24) is 4.57 Å². The summed E-state index contributed by atoms with van der Waals surface area (Å²) in [7, 11) is 0. The SMILES string of the molecule is CCn1cc(NC(=O)C(C)CCl)ccc1=O. The van der Waals surface area contributed by atoms with Crippen LogP contribution in [-0.4, -0.2) is 16.4 Å². The molecular weight excluding hydrogens is 228 g/mol. The van der Waals surface area contributed by atoms with Crippen LogP contribution in [0.25, 0.3) is 0 Å². The molecule has 0 radical (unpaired) electrons. The van der Waals surface area contributed by atoms with Gasteiger partial charge in [-0.2, -0.15) is 0 Å². The van der Waals surface area contributed by atoms with Gasteiger partial charge in [0.1, 0.15) is 0 Å². The van der Waals surface area contributed by atoms with Crippen LogP contribution in [-0.2, 0) is 11.3 Å². The molecule has 0 saturated heterocycles. The van der Waals surface area contributed by atoms with Crippen molar-refractivity contribution in [2.24, 2.45) is 5.92 Å². The second kappa shape index (κ2) is 5.70. The van der Waals surface area contributed by atoms with Crippen LogP contribution in [0.1, 0.15) is 13.8 Å². The number of hydrogen-bond acceptors (Lipinski definition) is 2. The number of hydrogen-bond donors (Lipinski definition) is 1. The van der Waals surface area contributed by atoms with Crippen LogP contribution >= 0.6 is 11.6 Å². The zero-order chi connectivity index (χ0) is 12.1. The summed E-state index contributed by atoms with van der Waals surface area (Å²) in [5.74, 6) is -0.112. The van der Waals surface area contributed by atoms with E-state index in [9.17, 15) is 9.59 Å². The molecule has 1 aromatic rings. The third kappa shape index (κ3) is 3.10. The summed E-state index contributed by atoms with van der Waals surface area (Å²) in [6, 6.07) is 3.03. The van der Waals surface area contributed by atoms with Crippen molar-refractivity contribution < 1.29 is 4.79 Å². The zero-order valence-electron chi connectivity index (χ0n) is 9.37. The number of halogens is 1. The van der Waals surface area contributed by atoms with Gasteiger partial charge in [0.05, 0.1) is 5.69 Å². The number of nitrogens with one attached hydrogen (secondary N) is 1. The molecule has 0 fully saturated rings. The molecule has 1 aromatic heterocycles. The van der Waals surface area contributed by atoms with E-state index >= 15 is 0 Å². The van der Waals surface area contributed by atoms with Crippen molar-refractivity contribution in [2.75, 3.05) is 11.2 Å². The number of nitrogens with zero attached hydrogens (tertiary/aromatic N) is 1. The molecule has 0 bridgehead atoms. The Morgan fingerprint density at radius 3 is 2.81 bits per heavy atom. The molecule has 1 unspecified atom stereocenters. The molecule has 1 atom stereocenters. The maximum Gasteiger partial charge on any atom is 0.250 e. The third-order valence-electron chi connectivity index (χ3n) is 2.27. The molecule has 88 valence electrons. The standard InChI is InChI=1S/C11H15ClN2O2/c1-3-14-7-9(4-5-10(14)15)13-11(16)8(2)6-12/h4-5,7-8H,3,6H2,1-2H3,(H,13,16). The smallest absolute Gasteiger partial charge is 0.250 e. The van der Waals surface area contributed by atoms with Gasteiger partial charge in [-0.05, 0) is 13.0 Å². The van der Waals surface area contributed by atoms with Gasteiger partial charge in [-0.25, -0.2) is 0 Å². The van der Waals surface area contributed by atoms with Crippen LogP contribution in [0.5, 0.6) is 0 Å². The Morgan fingerprint density at radius 1 is 1.56 bits per heavy atom. The molecule has 1 N–H and O–H groups in total. The van der Waals surface area contributed by atoms with Crippen molar-refractivity contribution in [2.45, 2.75) is 20.4 Å². The van der Waals surface area contributed by atoms with Gasteiger partial charge in [0.25, 0.3) is 5.56 Å². The number of alkyl halides is 1. The summed E-state index contributed by atoms with van der Waals surface area (Å²) in [4.78, 5) is 22.9. The first-order chi connectivity index (χ1) is 7.58. The van der Waals surface area contributed by atoms with Crippen LogP contribution in [0.15, 0.2) is 23.1 Å². The maximum absolute atomic E-state index is 11.5. The van der Waals surface area contributed by atoms with Gasteiger partial charge in [-0.15, -0.1) is 11.6 Å². The first-order valence-electron chi connectivity index (χ1n) is 5.15. The monoisotopic (exact) mass is 242 g/mol. The van der Waals surface area contributed by atoms with E-state index in [-0.39, 0.29) is 23.3 Å². The fraction of sp³-hybridized carbons (Fsp3) is 0.455. The molecule has 0 aliphatic rings. The Balaban J connectivity index is 2.82. The Hall–Kier alpha value is -1.29. The minimum Gasteiger partial charge on any atom is -0.325 e. The van der Waals surface area contributed by atoms with Crippen molar-refractivity contribution in [3.8, 4) is 0 Å². The highest BCUT2D eigenvalue weighted by molar-refractivity contribution is 6.19. The van der Waals surface area contributed by atoms with Crippen molar-refractivity contribution in [3.63, 3.8) is 0 Å². The molecule has 5 heteroatoms. The topological polar surface area (TPSA) is 51.1 Å². The Labute approximate surface area is 99.2 Å². The first-order valence-corrected chi connectivity index (χ1v) is 5.69. The van der Waals surface area contributed by atoms with E-state index in [1.54, 1.807) is 19.2 Å². The molecule has 4 nitrogen and oxygen atoms in total. The van der Waals surface area contributed by atoms with Crippen LogP contribution < -0.4 is 10.9 Å². The van der Waals surface area contributed by atoms with E-state index in [0.717, 1.165) is 0 Å². The summed E-state index contributed by atoms with van der Waals surface area (Å²) in [6.45, 7) is 4.19. The van der Waals surface area contributed by atoms with Crippen LogP contribution in [0.4, 0.5) is 5.69 Å². The molecule has 0 spiro atoms. The van der Waals surface area contributed by atoms with Crippen LogP contribution in [0.2, 0.25) is 0 Å². The average Bonchev–Trinajstić information content (AvgIpc) is 2.30. The van der Waals surface area contributed by atoms with Gasteiger partial charge in [-0.3, -0.25) is 9.59 Å². The van der Waals surface area contributed by atoms with E-state index < -0.39 is 0 Å². The number of pyridine rings is 1. The highest BCUT2D eigenvalue weighted by Gasteiger charge is 2.11. The lowest BCUT2D eigenvalue weighted by atomic mass is 10.2. The van der Waals surface area contributed by atoms with Crippen LogP contribution in [0.3, 0.4) is 0 Å². The van der Waals surface area contributed by atoms with Crippen molar-refractivity contribution >= 4 is 23.2 Å². The molecule has 1 heterocycles. The minimum atomic E-state index is -0.247. The highest BCUT2D eigenvalue weighted by Crippen LogP contribution is 2.07. The molecule has 1 amide bonds. The van der Waals surface area contributed by atoms with Gasteiger partial charge < -0.3 is 9.88 Å². The lowest BCUT2D eigenvalue weighted by Gasteiger charge is -2.10.